The average molecular weight is 288 g/mol. The molecular weight excluding hydrogens is 272 g/mol. The summed E-state index contributed by atoms with van der Waals surface area (Å²) in [4.78, 5) is 36.1. The molecule has 0 fully saturated rings. The van der Waals surface area contributed by atoms with E-state index in [0.717, 1.165) is 0 Å². The normalized spacial score (nSPS) is 13.1. The molecule has 0 radical (unpaired) electrons. The molecule has 0 aliphatic heterocycles. The molecular formula is C16H16O5. The van der Waals surface area contributed by atoms with Crippen LogP contribution < -0.4 is 9.47 Å². The van der Waals surface area contributed by atoms with Crippen molar-refractivity contribution in [1.82, 2.24) is 0 Å². The number of rotatable bonds is 4. The van der Waals surface area contributed by atoms with Crippen molar-refractivity contribution in [1.29, 1.82) is 0 Å². The Labute approximate surface area is 122 Å². The lowest BCUT2D eigenvalue weighted by Gasteiger charge is -2.22. The van der Waals surface area contributed by atoms with E-state index in [2.05, 4.69) is 0 Å². The number of methoxy groups -OCH3 is 2. The molecule has 2 rings (SSSR count). The van der Waals surface area contributed by atoms with Crippen molar-refractivity contribution in [2.45, 2.75) is 20.3 Å². The molecule has 0 N–H and O–H groups in total. The Morgan fingerprint density at radius 2 is 1.71 bits per heavy atom. The van der Waals surface area contributed by atoms with Crippen LogP contribution in [0.5, 0.6) is 11.5 Å². The zero-order valence-electron chi connectivity index (χ0n) is 12.4. The Bertz CT molecular complexity index is 683. The van der Waals surface area contributed by atoms with Crippen LogP contribution in [-0.2, 0) is 4.79 Å². The zero-order chi connectivity index (χ0) is 15.7. The summed E-state index contributed by atoms with van der Waals surface area (Å²) in [5, 5.41) is 0. The number of carbonyl (C=O) groups is 3. The molecule has 0 saturated carbocycles. The van der Waals surface area contributed by atoms with E-state index in [0.29, 0.717) is 22.4 Å². The van der Waals surface area contributed by atoms with E-state index < -0.39 is 11.6 Å². The van der Waals surface area contributed by atoms with Crippen LogP contribution in [0.4, 0.5) is 0 Å². The summed E-state index contributed by atoms with van der Waals surface area (Å²) < 4.78 is 10.6. The van der Waals surface area contributed by atoms with Crippen molar-refractivity contribution in [2.24, 2.45) is 0 Å². The molecule has 1 aromatic rings. The molecule has 0 unspecified atom stereocenters. The maximum Gasteiger partial charge on any atom is 0.237 e. The Kier molecular flexibility index (Phi) is 3.93. The quantitative estimate of drug-likeness (QED) is 0.628. The predicted molar refractivity (Wildman–Crippen MR) is 77.3 cm³/mol. The number of fused-ring (bicyclic) bond motifs is 1. The van der Waals surface area contributed by atoms with Gasteiger partial charge in [0.25, 0.3) is 0 Å². The Balaban J connectivity index is 2.95. The average Bonchev–Trinajstić information content (AvgIpc) is 2.49. The third-order valence-electron chi connectivity index (χ3n) is 3.53. The van der Waals surface area contributed by atoms with E-state index in [9.17, 15) is 14.4 Å². The number of hydrogen-bond acceptors (Lipinski definition) is 5. The fourth-order valence-electron chi connectivity index (χ4n) is 2.56. The molecule has 0 amide bonds. The van der Waals surface area contributed by atoms with E-state index in [1.54, 1.807) is 13.8 Å². The van der Waals surface area contributed by atoms with Crippen molar-refractivity contribution in [3.63, 3.8) is 0 Å². The molecule has 0 atom stereocenters. The summed E-state index contributed by atoms with van der Waals surface area (Å²) >= 11 is 0. The van der Waals surface area contributed by atoms with E-state index in [1.807, 2.05) is 0 Å². The van der Waals surface area contributed by atoms with Crippen LogP contribution in [-0.4, -0.2) is 31.6 Å². The van der Waals surface area contributed by atoms with Crippen LogP contribution in [0.1, 0.15) is 45.2 Å². The van der Waals surface area contributed by atoms with Gasteiger partial charge in [-0.3, -0.25) is 14.4 Å². The van der Waals surface area contributed by atoms with E-state index in [4.69, 9.17) is 9.47 Å². The lowest BCUT2D eigenvalue weighted by Crippen LogP contribution is -2.21. The third-order valence-corrected chi connectivity index (χ3v) is 3.53. The summed E-state index contributed by atoms with van der Waals surface area (Å²) in [6, 6.07) is 0. The number of ether oxygens (including phenoxy) is 2. The van der Waals surface area contributed by atoms with Gasteiger partial charge < -0.3 is 9.47 Å². The minimum atomic E-state index is -0.666. The molecule has 5 heteroatoms. The molecule has 1 aliphatic rings. The van der Waals surface area contributed by atoms with Crippen LogP contribution in [0.25, 0.3) is 6.08 Å². The van der Waals surface area contributed by atoms with Crippen molar-refractivity contribution >= 4 is 23.4 Å². The smallest absolute Gasteiger partial charge is 0.237 e. The maximum atomic E-state index is 12.3. The summed E-state index contributed by atoms with van der Waals surface area (Å²) in [6.07, 6.45) is 2.92. The molecule has 1 aromatic carbocycles. The highest BCUT2D eigenvalue weighted by Gasteiger charge is 2.33. The molecule has 0 aromatic heterocycles. The second-order valence-electron chi connectivity index (χ2n) is 4.66. The third kappa shape index (κ3) is 2.14. The number of carbonyl (C=O) groups excluding carboxylic acids is 3. The molecule has 1 aliphatic carbocycles. The molecule has 5 nitrogen and oxygen atoms in total. The van der Waals surface area contributed by atoms with Crippen LogP contribution in [0.2, 0.25) is 0 Å². The van der Waals surface area contributed by atoms with Gasteiger partial charge in [-0.05, 0) is 19.1 Å². The van der Waals surface area contributed by atoms with Gasteiger partial charge in [0.05, 0.1) is 25.3 Å². The Morgan fingerprint density at radius 1 is 1.10 bits per heavy atom. The second kappa shape index (κ2) is 5.52. The van der Waals surface area contributed by atoms with Gasteiger partial charge in [0.2, 0.25) is 11.6 Å². The van der Waals surface area contributed by atoms with Crippen LogP contribution in [0.15, 0.2) is 6.08 Å². The van der Waals surface area contributed by atoms with Crippen molar-refractivity contribution in [3.8, 4) is 11.5 Å². The SMILES string of the molecule is CCC(=O)c1c2c(c(OC)c(C)c1OC)C(=O)C(=O)C=C2. The molecule has 0 bridgehead atoms. The van der Waals surface area contributed by atoms with Crippen molar-refractivity contribution < 1.29 is 23.9 Å². The Morgan fingerprint density at radius 3 is 2.24 bits per heavy atom. The molecule has 21 heavy (non-hydrogen) atoms. The van der Waals surface area contributed by atoms with Gasteiger partial charge in [0.1, 0.15) is 11.5 Å². The van der Waals surface area contributed by atoms with Crippen molar-refractivity contribution in [2.75, 3.05) is 14.2 Å². The number of ketones is 3. The van der Waals surface area contributed by atoms with Crippen LogP contribution >= 0.6 is 0 Å². The second-order valence-corrected chi connectivity index (χ2v) is 4.66. The van der Waals surface area contributed by atoms with E-state index in [1.165, 1.54) is 26.4 Å². The number of hydrogen-bond donors (Lipinski definition) is 0. The predicted octanol–water partition coefficient (Wildman–Crippen LogP) is 2.38. The highest BCUT2D eigenvalue weighted by Crippen LogP contribution is 2.41. The number of benzene rings is 1. The van der Waals surface area contributed by atoms with Gasteiger partial charge in [-0.25, -0.2) is 0 Å². The summed E-state index contributed by atoms with van der Waals surface area (Å²) in [5.74, 6) is -0.789. The standard InChI is InChI=1S/C16H16O5/c1-5-10(17)12-9-6-7-11(18)14(19)13(9)16(21-4)8(2)15(12)20-3/h6-7H,5H2,1-4H3. The summed E-state index contributed by atoms with van der Waals surface area (Å²) in [7, 11) is 2.87. The summed E-state index contributed by atoms with van der Waals surface area (Å²) in [5.41, 5.74) is 1.39. The monoisotopic (exact) mass is 288 g/mol. The molecule has 0 saturated heterocycles. The lowest BCUT2D eigenvalue weighted by atomic mass is 9.86. The molecule has 0 spiro atoms. The van der Waals surface area contributed by atoms with E-state index >= 15 is 0 Å². The largest absolute Gasteiger partial charge is 0.496 e. The van der Waals surface area contributed by atoms with Gasteiger partial charge in [0, 0.05) is 17.5 Å². The molecule has 110 valence electrons. The van der Waals surface area contributed by atoms with Crippen LogP contribution in [0.3, 0.4) is 0 Å². The topological polar surface area (TPSA) is 69.7 Å². The minimum absolute atomic E-state index is 0.139. The highest BCUT2D eigenvalue weighted by molar-refractivity contribution is 6.51. The summed E-state index contributed by atoms with van der Waals surface area (Å²) in [6.45, 7) is 3.42. The first kappa shape index (κ1) is 15.0. The first-order valence-corrected chi connectivity index (χ1v) is 6.56. The molecule has 0 heterocycles. The van der Waals surface area contributed by atoms with Gasteiger partial charge in [-0.1, -0.05) is 6.92 Å². The zero-order valence-corrected chi connectivity index (χ0v) is 12.4. The van der Waals surface area contributed by atoms with Gasteiger partial charge in [-0.2, -0.15) is 0 Å². The fraction of sp³-hybridized carbons (Fsp3) is 0.312. The first-order valence-electron chi connectivity index (χ1n) is 6.56. The highest BCUT2D eigenvalue weighted by atomic mass is 16.5. The van der Waals surface area contributed by atoms with Crippen molar-refractivity contribution in [3.05, 3.63) is 28.3 Å². The van der Waals surface area contributed by atoms with Gasteiger partial charge >= 0.3 is 0 Å². The van der Waals surface area contributed by atoms with Gasteiger partial charge in [-0.15, -0.1) is 0 Å². The lowest BCUT2D eigenvalue weighted by molar-refractivity contribution is -0.110. The maximum absolute atomic E-state index is 12.3. The number of allylic oxidation sites excluding steroid dienone is 1. The fourth-order valence-corrected chi connectivity index (χ4v) is 2.56. The first-order chi connectivity index (χ1) is 9.97. The minimum Gasteiger partial charge on any atom is -0.496 e. The van der Waals surface area contributed by atoms with Crippen LogP contribution in [0, 0.1) is 6.92 Å². The number of Topliss-reactive ketones (excluding diaryl/α,β-unsaturated/α-hetero) is 2. The van der Waals surface area contributed by atoms with E-state index in [-0.39, 0.29) is 23.5 Å². The Hall–Kier alpha value is -2.43. The van der Waals surface area contributed by atoms with Gasteiger partial charge in [0.15, 0.2) is 5.78 Å².